The van der Waals surface area contributed by atoms with E-state index in [1.165, 1.54) is 32.1 Å². The van der Waals surface area contributed by atoms with E-state index in [1.54, 1.807) is 12.1 Å². The first-order valence-corrected chi connectivity index (χ1v) is 8.10. The fourth-order valence-corrected chi connectivity index (χ4v) is 2.70. The molecular weight excluding hydrogens is 265 g/mol. The van der Waals surface area contributed by atoms with Crippen molar-refractivity contribution in [3.8, 4) is 5.75 Å². The summed E-state index contributed by atoms with van der Waals surface area (Å²) < 4.78 is 19.8. The maximum atomic E-state index is 14.1. The molecule has 0 heterocycles. The molecule has 21 heavy (non-hydrogen) atoms. The largest absolute Gasteiger partial charge is 0.490 e. The normalized spacial score (nSPS) is 17.0. The van der Waals surface area contributed by atoms with Gasteiger partial charge in [0, 0.05) is 12.1 Å². The smallest absolute Gasteiger partial charge is 0.165 e. The highest BCUT2D eigenvalue weighted by molar-refractivity contribution is 5.29. The SMILES string of the molecule is CC(C)(C)NCc1ccc(OCC2CCCCC2)c(F)c1. The minimum Gasteiger partial charge on any atom is -0.490 e. The predicted octanol–water partition coefficient (Wildman–Crippen LogP) is 4.67. The van der Waals surface area contributed by atoms with E-state index in [2.05, 4.69) is 26.1 Å². The zero-order valence-corrected chi connectivity index (χ0v) is 13.5. The van der Waals surface area contributed by atoms with Crippen molar-refractivity contribution in [1.82, 2.24) is 5.32 Å². The summed E-state index contributed by atoms with van der Waals surface area (Å²) in [4.78, 5) is 0. The van der Waals surface area contributed by atoms with Crippen molar-refractivity contribution in [2.24, 2.45) is 5.92 Å². The summed E-state index contributed by atoms with van der Waals surface area (Å²) in [6.45, 7) is 7.63. The van der Waals surface area contributed by atoms with Gasteiger partial charge >= 0.3 is 0 Å². The summed E-state index contributed by atoms with van der Waals surface area (Å²) in [5.74, 6) is 0.736. The highest BCUT2D eigenvalue weighted by Crippen LogP contribution is 2.26. The molecule has 1 N–H and O–H groups in total. The average molecular weight is 293 g/mol. The van der Waals surface area contributed by atoms with E-state index in [9.17, 15) is 4.39 Å². The highest BCUT2D eigenvalue weighted by Gasteiger charge is 2.15. The first-order valence-electron chi connectivity index (χ1n) is 8.10. The van der Waals surface area contributed by atoms with Crippen LogP contribution in [0, 0.1) is 11.7 Å². The fourth-order valence-electron chi connectivity index (χ4n) is 2.70. The third-order valence-electron chi connectivity index (χ3n) is 4.02. The van der Waals surface area contributed by atoms with Gasteiger partial charge in [0.2, 0.25) is 0 Å². The molecule has 0 aliphatic heterocycles. The zero-order chi connectivity index (χ0) is 15.3. The van der Waals surface area contributed by atoms with Crippen molar-refractivity contribution in [2.75, 3.05) is 6.61 Å². The number of ether oxygens (including phenoxy) is 1. The van der Waals surface area contributed by atoms with Crippen LogP contribution in [0.15, 0.2) is 18.2 Å². The van der Waals surface area contributed by atoms with E-state index in [-0.39, 0.29) is 11.4 Å². The summed E-state index contributed by atoms with van der Waals surface area (Å²) in [6.07, 6.45) is 6.34. The number of halogens is 1. The van der Waals surface area contributed by atoms with E-state index in [0.29, 0.717) is 24.8 Å². The predicted molar refractivity (Wildman–Crippen MR) is 85.1 cm³/mol. The second-order valence-corrected chi connectivity index (χ2v) is 7.18. The van der Waals surface area contributed by atoms with Crippen molar-refractivity contribution in [1.29, 1.82) is 0 Å². The summed E-state index contributed by atoms with van der Waals surface area (Å²) in [7, 11) is 0. The molecule has 0 radical (unpaired) electrons. The first kappa shape index (κ1) is 16.3. The number of hydrogen-bond donors (Lipinski definition) is 1. The Kier molecular flexibility index (Phi) is 5.63. The fraction of sp³-hybridized carbons (Fsp3) is 0.667. The van der Waals surface area contributed by atoms with Gasteiger partial charge in [-0.3, -0.25) is 0 Å². The molecule has 1 saturated carbocycles. The molecule has 2 rings (SSSR count). The van der Waals surface area contributed by atoms with Crippen LogP contribution >= 0.6 is 0 Å². The monoisotopic (exact) mass is 293 g/mol. The standard InChI is InChI=1S/C18H28FNO/c1-18(2,3)20-12-15-9-10-17(16(19)11-15)21-13-14-7-5-4-6-8-14/h9-11,14,20H,4-8,12-13H2,1-3H3. The van der Waals surface area contributed by atoms with Crippen LogP contribution in [0.3, 0.4) is 0 Å². The van der Waals surface area contributed by atoms with Gasteiger partial charge < -0.3 is 10.1 Å². The molecule has 0 amide bonds. The lowest BCUT2D eigenvalue weighted by Gasteiger charge is -2.22. The molecule has 118 valence electrons. The van der Waals surface area contributed by atoms with Crippen molar-refractivity contribution in [2.45, 2.75) is 65.0 Å². The summed E-state index contributed by atoms with van der Waals surface area (Å²) >= 11 is 0. The molecule has 0 unspecified atom stereocenters. The van der Waals surface area contributed by atoms with Gasteiger partial charge in [-0.2, -0.15) is 0 Å². The number of rotatable bonds is 5. The molecule has 1 aromatic rings. The minimum atomic E-state index is -0.251. The maximum Gasteiger partial charge on any atom is 0.165 e. The van der Waals surface area contributed by atoms with Crippen LogP contribution in [0.2, 0.25) is 0 Å². The average Bonchev–Trinajstić information content (AvgIpc) is 2.44. The summed E-state index contributed by atoms with van der Waals surface area (Å²) in [5, 5.41) is 3.36. The van der Waals surface area contributed by atoms with Crippen LogP contribution in [0.4, 0.5) is 4.39 Å². The van der Waals surface area contributed by atoms with Gasteiger partial charge in [-0.05, 0) is 57.2 Å². The Bertz CT molecular complexity index is 447. The molecule has 0 aromatic heterocycles. The van der Waals surface area contributed by atoms with Crippen LogP contribution in [0.5, 0.6) is 5.75 Å². The Labute approximate surface area is 128 Å². The lowest BCUT2D eigenvalue weighted by Crippen LogP contribution is -2.35. The Morgan fingerprint density at radius 2 is 1.90 bits per heavy atom. The van der Waals surface area contributed by atoms with Gasteiger partial charge in [0.1, 0.15) is 0 Å². The van der Waals surface area contributed by atoms with Crippen LogP contribution < -0.4 is 10.1 Å². The minimum absolute atomic E-state index is 0.0344. The molecule has 0 atom stereocenters. The Morgan fingerprint density at radius 3 is 2.52 bits per heavy atom. The topological polar surface area (TPSA) is 21.3 Å². The lowest BCUT2D eigenvalue weighted by atomic mass is 9.90. The van der Waals surface area contributed by atoms with Crippen molar-refractivity contribution >= 4 is 0 Å². The molecule has 3 heteroatoms. The molecule has 1 aliphatic rings. The van der Waals surface area contributed by atoms with Crippen molar-refractivity contribution in [3.63, 3.8) is 0 Å². The summed E-state index contributed by atoms with van der Waals surface area (Å²) in [5.41, 5.74) is 0.986. The van der Waals surface area contributed by atoms with Crippen LogP contribution in [0.1, 0.15) is 58.4 Å². The van der Waals surface area contributed by atoms with Crippen LogP contribution in [0.25, 0.3) is 0 Å². The van der Waals surface area contributed by atoms with E-state index in [4.69, 9.17) is 4.74 Å². The number of hydrogen-bond acceptors (Lipinski definition) is 2. The molecule has 0 saturated heterocycles. The molecular formula is C18H28FNO. The number of benzene rings is 1. The van der Waals surface area contributed by atoms with Crippen molar-refractivity contribution < 1.29 is 9.13 Å². The van der Waals surface area contributed by atoms with Gasteiger partial charge in [-0.25, -0.2) is 4.39 Å². The van der Waals surface area contributed by atoms with E-state index >= 15 is 0 Å². The van der Waals surface area contributed by atoms with E-state index in [1.807, 2.05) is 6.07 Å². The van der Waals surface area contributed by atoms with Crippen molar-refractivity contribution in [3.05, 3.63) is 29.6 Å². The molecule has 1 aromatic carbocycles. The van der Waals surface area contributed by atoms with E-state index in [0.717, 1.165) is 5.56 Å². The second-order valence-electron chi connectivity index (χ2n) is 7.18. The van der Waals surface area contributed by atoms with E-state index < -0.39 is 0 Å². The maximum absolute atomic E-state index is 14.1. The third-order valence-corrected chi connectivity index (χ3v) is 4.02. The van der Waals surface area contributed by atoms with Gasteiger partial charge in [-0.1, -0.05) is 25.3 Å². The second kappa shape index (κ2) is 7.26. The quantitative estimate of drug-likeness (QED) is 0.851. The first-order chi connectivity index (χ1) is 9.94. The van der Waals surface area contributed by atoms with Gasteiger partial charge in [-0.15, -0.1) is 0 Å². The van der Waals surface area contributed by atoms with Gasteiger partial charge in [0.25, 0.3) is 0 Å². The Hall–Kier alpha value is -1.09. The highest BCUT2D eigenvalue weighted by atomic mass is 19.1. The molecule has 1 aliphatic carbocycles. The third kappa shape index (κ3) is 5.66. The molecule has 2 nitrogen and oxygen atoms in total. The van der Waals surface area contributed by atoms with Gasteiger partial charge in [0.05, 0.1) is 6.61 Å². The van der Waals surface area contributed by atoms with Gasteiger partial charge in [0.15, 0.2) is 11.6 Å². The zero-order valence-electron chi connectivity index (χ0n) is 13.5. The molecule has 0 spiro atoms. The lowest BCUT2D eigenvalue weighted by molar-refractivity contribution is 0.202. The Morgan fingerprint density at radius 1 is 1.19 bits per heavy atom. The van der Waals surface area contributed by atoms with Crippen LogP contribution in [-0.2, 0) is 6.54 Å². The molecule has 1 fully saturated rings. The molecule has 0 bridgehead atoms. The Balaban J connectivity index is 1.86. The van der Waals surface area contributed by atoms with Crippen LogP contribution in [-0.4, -0.2) is 12.1 Å². The number of nitrogens with one attached hydrogen (secondary N) is 1. The summed E-state index contributed by atoms with van der Waals surface area (Å²) in [6, 6.07) is 5.28.